The second-order valence-corrected chi connectivity index (χ2v) is 8.41. The maximum Gasteiger partial charge on any atom is 0.573 e. The number of hydrogen-bond donors (Lipinski definition) is 1. The highest BCUT2D eigenvalue weighted by molar-refractivity contribution is 5.97. The Morgan fingerprint density at radius 1 is 0.941 bits per heavy atom. The Kier molecular flexibility index (Phi) is 5.50. The molecule has 5 rings (SSSR count). The number of halogens is 3. The van der Waals surface area contributed by atoms with Crippen molar-refractivity contribution in [3.63, 3.8) is 0 Å². The standard InChI is InChI=1S/C22H20F3N5O4/c23-22(24,25)34-17-4-1-13(2-5-17)12-33-21(32)30-10-15-8-29(9-16(15)11-30)20(31)14-3-6-18-19(7-14)27-28-26-18/h1-7,15-16H,8-12H2,(H,26,27,28)/t15-,16-/m0/s1. The molecule has 2 fully saturated rings. The third-order valence-electron chi connectivity index (χ3n) is 6.11. The zero-order chi connectivity index (χ0) is 23.9. The van der Waals surface area contributed by atoms with Crippen LogP contribution in [-0.4, -0.2) is 69.8 Å². The summed E-state index contributed by atoms with van der Waals surface area (Å²) in [7, 11) is 0. The predicted molar refractivity (Wildman–Crippen MR) is 112 cm³/mol. The molecule has 34 heavy (non-hydrogen) atoms. The van der Waals surface area contributed by atoms with Crippen molar-refractivity contribution >= 4 is 23.0 Å². The Balaban J connectivity index is 1.11. The van der Waals surface area contributed by atoms with Gasteiger partial charge in [-0.2, -0.15) is 15.4 Å². The Morgan fingerprint density at radius 3 is 2.26 bits per heavy atom. The van der Waals surface area contributed by atoms with Crippen LogP contribution in [0.15, 0.2) is 42.5 Å². The van der Waals surface area contributed by atoms with Gasteiger partial charge in [-0.25, -0.2) is 4.79 Å². The van der Waals surface area contributed by atoms with Crippen LogP contribution >= 0.6 is 0 Å². The van der Waals surface area contributed by atoms with E-state index in [1.165, 1.54) is 24.3 Å². The van der Waals surface area contributed by atoms with E-state index >= 15 is 0 Å². The first-order chi connectivity index (χ1) is 16.2. The lowest BCUT2D eigenvalue weighted by Gasteiger charge is -2.21. The number of ether oxygens (including phenoxy) is 2. The maximum atomic E-state index is 12.9. The third-order valence-corrected chi connectivity index (χ3v) is 6.11. The van der Waals surface area contributed by atoms with E-state index in [4.69, 9.17) is 4.74 Å². The molecular weight excluding hydrogens is 455 g/mol. The average Bonchev–Trinajstić information content (AvgIpc) is 3.51. The Morgan fingerprint density at radius 2 is 1.59 bits per heavy atom. The van der Waals surface area contributed by atoms with E-state index in [0.717, 1.165) is 0 Å². The van der Waals surface area contributed by atoms with Crippen molar-refractivity contribution in [1.29, 1.82) is 0 Å². The first-order valence-corrected chi connectivity index (χ1v) is 10.6. The topological polar surface area (TPSA) is 101 Å². The number of fused-ring (bicyclic) bond motifs is 2. The molecule has 2 amide bonds. The van der Waals surface area contributed by atoms with Gasteiger partial charge in [0.1, 0.15) is 23.4 Å². The highest BCUT2D eigenvalue weighted by Crippen LogP contribution is 2.32. The van der Waals surface area contributed by atoms with Gasteiger partial charge in [0, 0.05) is 43.6 Å². The zero-order valence-corrected chi connectivity index (χ0v) is 17.8. The Bertz CT molecular complexity index is 1200. The highest BCUT2D eigenvalue weighted by atomic mass is 19.4. The lowest BCUT2D eigenvalue weighted by molar-refractivity contribution is -0.274. The molecule has 9 nitrogen and oxygen atoms in total. The number of rotatable bonds is 4. The molecule has 0 spiro atoms. The molecule has 2 aliphatic heterocycles. The number of aromatic nitrogens is 3. The summed E-state index contributed by atoms with van der Waals surface area (Å²) in [4.78, 5) is 28.8. The monoisotopic (exact) mass is 475 g/mol. The molecular formula is C22H20F3N5O4. The van der Waals surface area contributed by atoms with Gasteiger partial charge in [0.05, 0.1) is 0 Å². The number of H-pyrrole nitrogens is 1. The van der Waals surface area contributed by atoms with Crippen molar-refractivity contribution in [2.45, 2.75) is 13.0 Å². The van der Waals surface area contributed by atoms with Crippen LogP contribution < -0.4 is 4.74 Å². The SMILES string of the molecule is O=C(OCc1ccc(OC(F)(F)F)cc1)N1C[C@@H]2CN(C(=O)c3ccc4n[nH]nc4c3)C[C@H]2C1. The smallest absolute Gasteiger partial charge is 0.445 e. The molecule has 178 valence electrons. The first-order valence-electron chi connectivity index (χ1n) is 10.6. The number of likely N-dealkylation sites (tertiary alicyclic amines) is 2. The van der Waals surface area contributed by atoms with Gasteiger partial charge >= 0.3 is 12.5 Å². The number of carbonyl (C=O) groups excluding carboxylic acids is 2. The molecule has 12 heteroatoms. The average molecular weight is 475 g/mol. The minimum Gasteiger partial charge on any atom is -0.445 e. The molecule has 0 unspecified atom stereocenters. The number of benzene rings is 2. The number of hydrogen-bond acceptors (Lipinski definition) is 6. The minimum absolute atomic E-state index is 0.0634. The predicted octanol–water partition coefficient (Wildman–Crippen LogP) is 3.20. The highest BCUT2D eigenvalue weighted by Gasteiger charge is 2.43. The fourth-order valence-electron chi connectivity index (χ4n) is 4.49. The Hall–Kier alpha value is -3.83. The van der Waals surface area contributed by atoms with Crippen LogP contribution in [0.3, 0.4) is 0 Å². The second kappa shape index (κ2) is 8.50. The molecule has 0 bridgehead atoms. The molecule has 2 saturated heterocycles. The molecule has 3 aromatic rings. The summed E-state index contributed by atoms with van der Waals surface area (Å²) in [5, 5.41) is 10.5. The van der Waals surface area contributed by atoms with Crippen molar-refractivity contribution in [3.05, 3.63) is 53.6 Å². The zero-order valence-electron chi connectivity index (χ0n) is 17.8. The van der Waals surface area contributed by atoms with Crippen molar-refractivity contribution in [1.82, 2.24) is 25.2 Å². The summed E-state index contributed by atoms with van der Waals surface area (Å²) < 4.78 is 45.9. The van der Waals surface area contributed by atoms with E-state index in [0.29, 0.717) is 48.3 Å². The van der Waals surface area contributed by atoms with Gasteiger partial charge in [0.2, 0.25) is 0 Å². The van der Waals surface area contributed by atoms with Crippen molar-refractivity contribution in [3.8, 4) is 5.75 Å². The molecule has 1 N–H and O–H groups in total. The maximum absolute atomic E-state index is 12.9. The number of amides is 2. The quantitative estimate of drug-likeness (QED) is 0.622. The number of carbonyl (C=O) groups is 2. The minimum atomic E-state index is -4.76. The molecule has 2 aliphatic rings. The number of aromatic amines is 1. The van der Waals surface area contributed by atoms with Gasteiger partial charge in [0.15, 0.2) is 0 Å². The number of nitrogens with zero attached hydrogens (tertiary/aromatic N) is 4. The van der Waals surface area contributed by atoms with E-state index < -0.39 is 12.5 Å². The van der Waals surface area contributed by atoms with E-state index in [9.17, 15) is 22.8 Å². The van der Waals surface area contributed by atoms with E-state index in [1.54, 1.807) is 28.0 Å². The van der Waals surface area contributed by atoms with E-state index in [2.05, 4.69) is 20.1 Å². The second-order valence-electron chi connectivity index (χ2n) is 8.41. The molecule has 3 heterocycles. The van der Waals surface area contributed by atoms with Gasteiger partial charge in [-0.15, -0.1) is 13.2 Å². The van der Waals surface area contributed by atoms with Crippen LogP contribution in [-0.2, 0) is 11.3 Å². The van der Waals surface area contributed by atoms with Crippen molar-refractivity contribution in [2.75, 3.05) is 26.2 Å². The van der Waals surface area contributed by atoms with Crippen LogP contribution in [0.2, 0.25) is 0 Å². The fourth-order valence-corrected chi connectivity index (χ4v) is 4.49. The summed E-state index contributed by atoms with van der Waals surface area (Å²) in [5.74, 6) is -0.0986. The Labute approximate surface area is 191 Å². The van der Waals surface area contributed by atoms with E-state index in [1.807, 2.05) is 0 Å². The van der Waals surface area contributed by atoms with Gasteiger partial charge < -0.3 is 19.3 Å². The molecule has 1 aromatic heterocycles. The largest absolute Gasteiger partial charge is 0.573 e. The third kappa shape index (κ3) is 4.61. The number of nitrogens with one attached hydrogen (secondary N) is 1. The summed E-state index contributed by atoms with van der Waals surface area (Å²) in [5.41, 5.74) is 2.41. The van der Waals surface area contributed by atoms with Gasteiger partial charge in [0.25, 0.3) is 5.91 Å². The van der Waals surface area contributed by atoms with Gasteiger partial charge in [-0.05, 0) is 35.9 Å². The van der Waals surface area contributed by atoms with Gasteiger partial charge in [-0.1, -0.05) is 12.1 Å². The van der Waals surface area contributed by atoms with E-state index in [-0.39, 0.29) is 30.1 Å². The summed E-state index contributed by atoms with van der Waals surface area (Å²) in [6.45, 7) is 1.99. The summed E-state index contributed by atoms with van der Waals surface area (Å²) >= 11 is 0. The molecule has 0 aliphatic carbocycles. The lowest BCUT2D eigenvalue weighted by atomic mass is 10.0. The molecule has 0 saturated carbocycles. The molecule has 2 aromatic carbocycles. The van der Waals surface area contributed by atoms with Gasteiger partial charge in [-0.3, -0.25) is 4.79 Å². The normalized spacial score (nSPS) is 20.0. The molecule has 0 radical (unpaired) electrons. The van der Waals surface area contributed by atoms with Crippen molar-refractivity contribution in [2.24, 2.45) is 11.8 Å². The molecule has 2 atom stereocenters. The first kappa shape index (κ1) is 22.0. The summed E-state index contributed by atoms with van der Waals surface area (Å²) in [6, 6.07) is 10.3. The van der Waals surface area contributed by atoms with Crippen molar-refractivity contribution < 1.29 is 32.2 Å². The lowest BCUT2D eigenvalue weighted by Crippen LogP contribution is -2.35. The van der Waals surface area contributed by atoms with Crippen LogP contribution in [0, 0.1) is 11.8 Å². The van der Waals surface area contributed by atoms with Crippen LogP contribution in [0.25, 0.3) is 11.0 Å². The van der Waals surface area contributed by atoms with Crippen LogP contribution in [0.4, 0.5) is 18.0 Å². The number of alkyl halides is 3. The fraction of sp³-hybridized carbons (Fsp3) is 0.364. The van der Waals surface area contributed by atoms with Crippen LogP contribution in [0.1, 0.15) is 15.9 Å². The summed E-state index contributed by atoms with van der Waals surface area (Å²) in [6.07, 6.45) is -5.24. The van der Waals surface area contributed by atoms with Crippen LogP contribution in [0.5, 0.6) is 5.75 Å².